The Morgan fingerprint density at radius 2 is 1.77 bits per heavy atom. The van der Waals surface area contributed by atoms with Gasteiger partial charge in [-0.2, -0.15) is 0 Å². The van der Waals surface area contributed by atoms with Gasteiger partial charge in [0.05, 0.1) is 12.7 Å². The molecule has 2 amide bonds. The third-order valence-corrected chi connectivity index (χ3v) is 5.55. The van der Waals surface area contributed by atoms with Crippen molar-refractivity contribution < 1.29 is 19.1 Å². The monoisotopic (exact) mass is 406 g/mol. The molecule has 2 aromatic rings. The Kier molecular flexibility index (Phi) is 5.86. The van der Waals surface area contributed by atoms with Crippen molar-refractivity contribution in [3.63, 3.8) is 0 Å². The molecule has 156 valence electrons. The number of rotatable bonds is 8. The standard InChI is InChI=1S/C24H26N2O4/c1-3-30-16-6-14-26-23(27)21(18-9-11-19(29-2)12-10-18)22(24(26)28)25-15-13-17-7-4-5-8-20(17)25/h4-5,7-12H,3,6,13-16H2,1-2H3. The molecule has 6 heteroatoms. The first kappa shape index (κ1) is 20.2. The molecule has 0 saturated heterocycles. The number of carbonyl (C=O) groups is 2. The van der Waals surface area contributed by atoms with Gasteiger partial charge < -0.3 is 14.4 Å². The van der Waals surface area contributed by atoms with Crippen molar-refractivity contribution in [2.24, 2.45) is 0 Å². The van der Waals surface area contributed by atoms with Crippen LogP contribution in [-0.4, -0.2) is 50.1 Å². The van der Waals surface area contributed by atoms with E-state index < -0.39 is 0 Å². The molecule has 2 aliphatic rings. The molecule has 4 rings (SSSR count). The highest BCUT2D eigenvalue weighted by atomic mass is 16.5. The van der Waals surface area contributed by atoms with Gasteiger partial charge in [-0.1, -0.05) is 30.3 Å². The molecule has 0 bridgehead atoms. The number of hydrogen-bond donors (Lipinski definition) is 0. The number of nitrogens with zero attached hydrogens (tertiary/aromatic N) is 2. The van der Waals surface area contributed by atoms with Crippen molar-refractivity contribution in [1.29, 1.82) is 0 Å². The first-order chi connectivity index (χ1) is 14.7. The van der Waals surface area contributed by atoms with Gasteiger partial charge in [0.1, 0.15) is 11.4 Å². The maximum atomic E-state index is 13.4. The molecule has 0 atom stereocenters. The summed E-state index contributed by atoms with van der Waals surface area (Å²) in [5, 5.41) is 0. The first-order valence-electron chi connectivity index (χ1n) is 10.3. The van der Waals surface area contributed by atoms with Crippen molar-refractivity contribution in [1.82, 2.24) is 4.90 Å². The molecule has 0 radical (unpaired) electrons. The van der Waals surface area contributed by atoms with Crippen LogP contribution in [0.1, 0.15) is 24.5 Å². The second kappa shape index (κ2) is 8.71. The molecule has 0 aromatic heterocycles. The van der Waals surface area contributed by atoms with Gasteiger partial charge >= 0.3 is 0 Å². The number of fused-ring (bicyclic) bond motifs is 1. The van der Waals surface area contributed by atoms with Gasteiger partial charge in [-0.3, -0.25) is 14.5 Å². The van der Waals surface area contributed by atoms with E-state index in [1.165, 1.54) is 10.5 Å². The van der Waals surface area contributed by atoms with Crippen LogP contribution in [0.3, 0.4) is 0 Å². The summed E-state index contributed by atoms with van der Waals surface area (Å²) in [4.78, 5) is 30.1. The summed E-state index contributed by atoms with van der Waals surface area (Å²) in [6.45, 7) is 4.09. The highest BCUT2D eigenvalue weighted by Gasteiger charge is 2.42. The van der Waals surface area contributed by atoms with E-state index in [4.69, 9.17) is 9.47 Å². The van der Waals surface area contributed by atoms with Crippen molar-refractivity contribution >= 4 is 23.1 Å². The second-order valence-corrected chi connectivity index (χ2v) is 7.29. The minimum absolute atomic E-state index is 0.237. The van der Waals surface area contributed by atoms with Crippen LogP contribution in [0, 0.1) is 0 Å². The van der Waals surface area contributed by atoms with E-state index in [1.54, 1.807) is 7.11 Å². The largest absolute Gasteiger partial charge is 0.497 e. The molecule has 2 heterocycles. The third kappa shape index (κ3) is 3.59. The lowest BCUT2D eigenvalue weighted by atomic mass is 10.0. The lowest BCUT2D eigenvalue weighted by molar-refractivity contribution is -0.137. The van der Waals surface area contributed by atoms with E-state index in [0.717, 1.165) is 17.7 Å². The fraction of sp³-hybridized carbons (Fsp3) is 0.333. The fourth-order valence-corrected chi connectivity index (χ4v) is 4.07. The van der Waals surface area contributed by atoms with Gasteiger partial charge in [0, 0.05) is 32.0 Å². The van der Waals surface area contributed by atoms with Crippen LogP contribution in [0.4, 0.5) is 5.69 Å². The lowest BCUT2D eigenvalue weighted by Gasteiger charge is -2.21. The van der Waals surface area contributed by atoms with Crippen molar-refractivity contribution in [3.05, 3.63) is 65.4 Å². The zero-order valence-electron chi connectivity index (χ0n) is 17.4. The van der Waals surface area contributed by atoms with Crippen molar-refractivity contribution in [2.75, 3.05) is 38.3 Å². The quantitative estimate of drug-likeness (QED) is 0.498. The van der Waals surface area contributed by atoms with Crippen LogP contribution in [0.25, 0.3) is 5.57 Å². The average Bonchev–Trinajstić information content (AvgIpc) is 3.30. The van der Waals surface area contributed by atoms with E-state index in [-0.39, 0.29) is 11.8 Å². The van der Waals surface area contributed by atoms with E-state index >= 15 is 0 Å². The van der Waals surface area contributed by atoms with Crippen molar-refractivity contribution in [3.8, 4) is 5.75 Å². The highest BCUT2D eigenvalue weighted by molar-refractivity contribution is 6.36. The summed E-state index contributed by atoms with van der Waals surface area (Å²) in [6, 6.07) is 15.4. The van der Waals surface area contributed by atoms with Crippen molar-refractivity contribution in [2.45, 2.75) is 19.8 Å². The minimum atomic E-state index is -0.249. The topological polar surface area (TPSA) is 59.1 Å². The van der Waals surface area contributed by atoms with Crippen LogP contribution in [-0.2, 0) is 20.7 Å². The molecule has 30 heavy (non-hydrogen) atoms. The summed E-state index contributed by atoms with van der Waals surface area (Å²) < 4.78 is 10.6. The number of para-hydroxylation sites is 1. The van der Waals surface area contributed by atoms with Gasteiger partial charge in [0.2, 0.25) is 0 Å². The second-order valence-electron chi connectivity index (χ2n) is 7.29. The number of anilines is 1. The Bertz CT molecular complexity index is 981. The Hall–Kier alpha value is -3.12. The average molecular weight is 406 g/mol. The maximum Gasteiger partial charge on any atom is 0.278 e. The van der Waals surface area contributed by atoms with E-state index in [0.29, 0.717) is 49.7 Å². The predicted molar refractivity (Wildman–Crippen MR) is 115 cm³/mol. The Morgan fingerprint density at radius 3 is 2.50 bits per heavy atom. The van der Waals surface area contributed by atoms with Crippen LogP contribution in [0.5, 0.6) is 5.75 Å². The lowest BCUT2D eigenvalue weighted by Crippen LogP contribution is -2.36. The SMILES string of the molecule is CCOCCCN1C(=O)C(c2ccc(OC)cc2)=C(N2CCc3ccccc32)C1=O. The van der Waals surface area contributed by atoms with Crippen LogP contribution >= 0.6 is 0 Å². The molecule has 0 fully saturated rings. The summed E-state index contributed by atoms with van der Waals surface area (Å²) in [5.41, 5.74) is 3.83. The zero-order chi connectivity index (χ0) is 21.1. The Morgan fingerprint density at radius 1 is 1.00 bits per heavy atom. The molecule has 0 saturated carbocycles. The molecule has 2 aliphatic heterocycles. The molecule has 0 spiro atoms. The first-order valence-corrected chi connectivity index (χ1v) is 10.3. The van der Waals surface area contributed by atoms with Crippen LogP contribution in [0.2, 0.25) is 0 Å². The molecule has 0 unspecified atom stereocenters. The smallest absolute Gasteiger partial charge is 0.278 e. The highest BCUT2D eigenvalue weighted by Crippen LogP contribution is 2.38. The van der Waals surface area contributed by atoms with Gasteiger partial charge in [-0.15, -0.1) is 0 Å². The maximum absolute atomic E-state index is 13.4. The number of carbonyl (C=O) groups excluding carboxylic acids is 2. The minimum Gasteiger partial charge on any atom is -0.497 e. The number of imide groups is 1. The van der Waals surface area contributed by atoms with Crippen LogP contribution < -0.4 is 9.64 Å². The van der Waals surface area contributed by atoms with Gasteiger partial charge in [-0.05, 0) is 49.1 Å². The zero-order valence-corrected chi connectivity index (χ0v) is 17.4. The predicted octanol–water partition coefficient (Wildman–Crippen LogP) is 3.26. The number of methoxy groups -OCH3 is 1. The normalized spacial score (nSPS) is 15.9. The van der Waals surface area contributed by atoms with Gasteiger partial charge in [-0.25, -0.2) is 0 Å². The molecule has 2 aromatic carbocycles. The number of hydrogen-bond acceptors (Lipinski definition) is 5. The van der Waals surface area contributed by atoms with E-state index in [1.807, 2.05) is 54.3 Å². The van der Waals surface area contributed by atoms with Gasteiger partial charge in [0.15, 0.2) is 0 Å². The molecule has 6 nitrogen and oxygen atoms in total. The summed E-state index contributed by atoms with van der Waals surface area (Å²) in [5.74, 6) is 0.220. The molecular formula is C24H26N2O4. The molecule has 0 aliphatic carbocycles. The third-order valence-electron chi connectivity index (χ3n) is 5.55. The van der Waals surface area contributed by atoms with E-state index in [2.05, 4.69) is 6.07 Å². The van der Waals surface area contributed by atoms with Crippen LogP contribution in [0.15, 0.2) is 54.2 Å². The summed E-state index contributed by atoms with van der Waals surface area (Å²) >= 11 is 0. The number of benzene rings is 2. The Balaban J connectivity index is 1.73. The Labute approximate surface area is 176 Å². The van der Waals surface area contributed by atoms with Gasteiger partial charge in [0.25, 0.3) is 11.8 Å². The number of amides is 2. The number of ether oxygens (including phenoxy) is 2. The summed E-state index contributed by atoms with van der Waals surface area (Å²) in [7, 11) is 1.60. The summed E-state index contributed by atoms with van der Waals surface area (Å²) in [6.07, 6.45) is 1.46. The molecule has 0 N–H and O–H groups in total. The van der Waals surface area contributed by atoms with E-state index in [9.17, 15) is 9.59 Å². The molecular weight excluding hydrogens is 380 g/mol. The fourth-order valence-electron chi connectivity index (χ4n) is 4.07.